The highest BCUT2D eigenvalue weighted by Crippen LogP contribution is 2.53. The molecule has 1 aliphatic carbocycles. The molecule has 566 valence electrons. The van der Waals surface area contributed by atoms with Gasteiger partial charge in [-0.05, 0) is 238 Å². The largest absolute Gasteiger partial charge is 0.309 e. The van der Waals surface area contributed by atoms with Gasteiger partial charge in [0.2, 0.25) is 0 Å². The van der Waals surface area contributed by atoms with E-state index in [9.17, 15) is 5.26 Å². The summed E-state index contributed by atoms with van der Waals surface area (Å²) in [5.41, 5.74) is 36.6. The number of nitriles is 1. The van der Waals surface area contributed by atoms with Gasteiger partial charge in [0.25, 0.3) is 0 Å². The van der Waals surface area contributed by atoms with E-state index in [0.717, 1.165) is 28.1 Å². The van der Waals surface area contributed by atoms with Gasteiger partial charge in [0.05, 0.1) is 50.1 Å². The molecule has 1 atom stereocenters. The van der Waals surface area contributed by atoms with Crippen molar-refractivity contribution in [2.45, 2.75) is 11.3 Å². The average molecular weight is 1540 g/mol. The van der Waals surface area contributed by atoms with Crippen molar-refractivity contribution in [1.82, 2.24) is 13.7 Å². The van der Waals surface area contributed by atoms with Crippen LogP contribution in [-0.2, 0) is 5.41 Å². The highest BCUT2D eigenvalue weighted by molar-refractivity contribution is 6.14. The zero-order chi connectivity index (χ0) is 80.3. The van der Waals surface area contributed by atoms with E-state index in [-0.39, 0.29) is 5.92 Å². The zero-order valence-electron chi connectivity index (χ0n) is 66.3. The van der Waals surface area contributed by atoms with Crippen LogP contribution in [0.25, 0.3) is 160 Å². The van der Waals surface area contributed by atoms with E-state index >= 15 is 0 Å². The average Bonchev–Trinajstić information content (AvgIpc) is 1.67. The van der Waals surface area contributed by atoms with Gasteiger partial charge in [-0.25, -0.2) is 0 Å². The lowest BCUT2D eigenvalue weighted by Crippen LogP contribution is -2.31. The topological polar surface area (TPSA) is 38.6 Å². The number of rotatable bonds is 14. The van der Waals surface area contributed by atoms with Gasteiger partial charge in [0.1, 0.15) is 0 Å². The fourth-order valence-corrected chi connectivity index (χ4v) is 19.4. The van der Waals surface area contributed by atoms with Gasteiger partial charge in [-0.3, -0.25) is 0 Å². The third kappa shape index (κ3) is 12.5. The molecule has 0 saturated heterocycles. The summed E-state index contributed by atoms with van der Waals surface area (Å²) < 4.78 is 7.09. The molecule has 0 amide bonds. The molecule has 0 saturated carbocycles. The van der Waals surface area contributed by atoms with Gasteiger partial charge in [-0.15, -0.1) is 0 Å². The van der Waals surface area contributed by atoms with E-state index < -0.39 is 5.41 Å². The van der Waals surface area contributed by atoms with Gasteiger partial charge in [-0.1, -0.05) is 346 Å². The molecule has 22 aromatic rings. The first kappa shape index (κ1) is 71.6. The molecule has 19 aromatic carbocycles. The molecule has 3 aromatic heterocycles. The normalized spacial score (nSPS) is 12.4. The van der Waals surface area contributed by atoms with Crippen LogP contribution in [-0.4, -0.2) is 13.7 Å². The smallest absolute Gasteiger partial charge is 0.0991 e. The van der Waals surface area contributed by atoms with Gasteiger partial charge >= 0.3 is 0 Å². The van der Waals surface area contributed by atoms with Crippen LogP contribution in [0.3, 0.4) is 0 Å². The summed E-state index contributed by atoms with van der Waals surface area (Å²) in [6, 6.07) is 172. The van der Waals surface area contributed by atoms with E-state index in [0.29, 0.717) is 5.56 Å². The number of hydrogen-bond donors (Lipinski definition) is 0. The van der Waals surface area contributed by atoms with E-state index in [1.54, 1.807) is 0 Å². The number of aromatic nitrogens is 3. The molecule has 0 aliphatic heterocycles. The summed E-state index contributed by atoms with van der Waals surface area (Å²) in [4.78, 5) is 0. The Labute approximate surface area is 703 Å². The van der Waals surface area contributed by atoms with Crippen LogP contribution in [0.5, 0.6) is 0 Å². The number of nitrogens with zero attached hydrogens (tertiary/aromatic N) is 4. The van der Waals surface area contributed by atoms with E-state index in [4.69, 9.17) is 0 Å². The molecule has 4 heteroatoms. The van der Waals surface area contributed by atoms with Crippen LogP contribution in [0.1, 0.15) is 50.4 Å². The molecular weight excluding hydrogens is 1460 g/mol. The lowest BCUT2D eigenvalue weighted by atomic mass is 9.64. The van der Waals surface area contributed by atoms with Crippen molar-refractivity contribution in [3.63, 3.8) is 0 Å². The number of benzene rings is 19. The van der Waals surface area contributed by atoms with Crippen molar-refractivity contribution >= 4 is 65.4 Å². The predicted octanol–water partition coefficient (Wildman–Crippen LogP) is 30.1. The maximum Gasteiger partial charge on any atom is 0.0991 e. The molecule has 0 spiro atoms. The Morgan fingerprint density at radius 2 is 0.496 bits per heavy atom. The van der Waals surface area contributed by atoms with Crippen LogP contribution < -0.4 is 0 Å². The van der Waals surface area contributed by atoms with Crippen molar-refractivity contribution in [2.24, 2.45) is 0 Å². The SMILES string of the molecule is N#Cc1ccc(-n2c3ccccc3c3cc(-c4ccc5c(c4)c4ccccc4n5-c4ccc(-c5cccc(-c6ccccc6)c5)cc4)ccc32)cc1.c1ccc(-c2cccc(-c3ccc(-n4c5ccccc5c5cc(-c6ccc7c(c6)-c6ccccc6C7c6cccc(C(c7ccccc7)(c7ccccc7)c7ccccc7)c6)ccc54)cc3)c2)cc1. The van der Waals surface area contributed by atoms with Crippen LogP contribution in [0, 0.1) is 11.3 Å². The highest BCUT2D eigenvalue weighted by Gasteiger charge is 2.40. The first-order valence-corrected chi connectivity index (χ1v) is 41.6. The van der Waals surface area contributed by atoms with E-state index in [2.05, 4.69) is 463 Å². The Kier molecular flexibility index (Phi) is 17.9. The minimum atomic E-state index is -0.523. The van der Waals surface area contributed by atoms with Crippen molar-refractivity contribution < 1.29 is 0 Å². The fourth-order valence-electron chi connectivity index (χ4n) is 19.4. The van der Waals surface area contributed by atoms with Crippen LogP contribution >= 0.6 is 0 Å². The third-order valence-corrected chi connectivity index (χ3v) is 25.0. The standard InChI is InChI=1S/C68H47N.C49H31N3/c1-5-19-47(20-6-1)49-21-17-22-50(43-49)48-35-39-58(40-36-48)69-65-34-16-15-32-60(65)64-46-52(38-42-66(64)69)51-37-41-62-63(45-51)59-31-13-14-33-61(59)67(62)53-23-18-30-57(44-53)68(54-24-7-2-8-25-54,55-26-9-3-10-27-55)56-28-11-4-12-29-56;50-32-33-17-23-40(24-18-33)51-46-15-6-4-13-42(46)44-30-38(21-27-48(44)51)39-22-28-49-45(31-39)43-14-5-7-16-47(43)52(49)41-25-19-35(20-26-41)37-12-8-11-36(29-37)34-9-2-1-3-10-34/h1-46,67H;1-31H. The van der Waals surface area contributed by atoms with Crippen molar-refractivity contribution in [3.05, 3.63) is 512 Å². The molecule has 0 N–H and O–H groups in total. The molecular formula is C117H78N4. The van der Waals surface area contributed by atoms with Gasteiger partial charge in [0, 0.05) is 55.3 Å². The van der Waals surface area contributed by atoms with E-state index in [1.807, 2.05) is 24.3 Å². The number of para-hydroxylation sites is 3. The Morgan fingerprint density at radius 1 is 0.198 bits per heavy atom. The predicted molar refractivity (Wildman–Crippen MR) is 504 cm³/mol. The summed E-state index contributed by atoms with van der Waals surface area (Å²) in [5.74, 6) is 0.0878. The maximum absolute atomic E-state index is 9.35. The second-order valence-corrected chi connectivity index (χ2v) is 31.7. The third-order valence-electron chi connectivity index (χ3n) is 25.0. The molecule has 1 aliphatic rings. The van der Waals surface area contributed by atoms with Crippen LogP contribution in [0.4, 0.5) is 0 Å². The molecule has 23 rings (SSSR count). The Hall–Kier alpha value is -15.9. The Bertz CT molecular complexity index is 7630. The van der Waals surface area contributed by atoms with Crippen LogP contribution in [0.15, 0.2) is 467 Å². The fraction of sp³-hybridized carbons (Fsp3) is 0.0171. The lowest BCUT2D eigenvalue weighted by Gasteiger charge is -2.37. The maximum atomic E-state index is 9.35. The summed E-state index contributed by atoms with van der Waals surface area (Å²) in [6.07, 6.45) is 0. The highest BCUT2D eigenvalue weighted by atomic mass is 15.0. The van der Waals surface area contributed by atoms with Gasteiger partial charge in [-0.2, -0.15) is 5.26 Å². The minimum absolute atomic E-state index is 0.0878. The van der Waals surface area contributed by atoms with Crippen molar-refractivity contribution in [2.75, 3.05) is 0 Å². The van der Waals surface area contributed by atoms with Gasteiger partial charge < -0.3 is 13.7 Å². The summed E-state index contributed by atoms with van der Waals surface area (Å²) in [6.45, 7) is 0. The van der Waals surface area contributed by atoms with E-state index in [1.165, 1.54) is 171 Å². The minimum Gasteiger partial charge on any atom is -0.309 e. The molecule has 3 heterocycles. The number of fused-ring (bicyclic) bond motifs is 12. The molecule has 0 bridgehead atoms. The summed E-state index contributed by atoms with van der Waals surface area (Å²) in [7, 11) is 0. The van der Waals surface area contributed by atoms with Crippen molar-refractivity contribution in [3.8, 4) is 101 Å². The molecule has 0 fully saturated rings. The number of hydrogen-bond acceptors (Lipinski definition) is 1. The quantitative estimate of drug-likeness (QED) is 0.100. The Morgan fingerprint density at radius 3 is 0.917 bits per heavy atom. The molecule has 1 unspecified atom stereocenters. The molecule has 0 radical (unpaired) electrons. The Balaban J connectivity index is 0.000000151. The monoisotopic (exact) mass is 1540 g/mol. The van der Waals surface area contributed by atoms with Crippen molar-refractivity contribution in [1.29, 1.82) is 5.26 Å². The molecule has 121 heavy (non-hydrogen) atoms. The summed E-state index contributed by atoms with van der Waals surface area (Å²) >= 11 is 0. The summed E-state index contributed by atoms with van der Waals surface area (Å²) in [5, 5.41) is 16.7. The second kappa shape index (κ2) is 30.3. The van der Waals surface area contributed by atoms with Crippen LogP contribution in [0.2, 0.25) is 0 Å². The second-order valence-electron chi connectivity index (χ2n) is 31.7. The lowest BCUT2D eigenvalue weighted by molar-refractivity contribution is 0.742. The van der Waals surface area contributed by atoms with Gasteiger partial charge in [0.15, 0.2) is 0 Å². The first-order valence-electron chi connectivity index (χ1n) is 41.6. The zero-order valence-corrected chi connectivity index (χ0v) is 66.3. The first-order chi connectivity index (χ1) is 59.9. The molecule has 4 nitrogen and oxygen atoms in total.